The highest BCUT2D eigenvalue weighted by molar-refractivity contribution is 6.74. The maximum atomic E-state index is 12.0. The molecule has 0 heterocycles. The quantitative estimate of drug-likeness (QED) is 0.206. The number of unbranched alkanes of at least 4 members (excludes halogenated alkanes) is 11. The lowest BCUT2D eigenvalue weighted by molar-refractivity contribution is -0.121. The molecule has 0 amide bonds. The van der Waals surface area contributed by atoms with Crippen molar-refractivity contribution in [3.05, 3.63) is 0 Å². The largest absolute Gasteiger partial charge is 0.410 e. The Morgan fingerprint density at radius 3 is 1.56 bits per heavy atom. The SMILES string of the molecule is CCCCCCCCCCCCCCC(=O)CO[Si](C)(C)C(C)(C)C. The van der Waals surface area contributed by atoms with Crippen molar-refractivity contribution >= 4 is 14.1 Å². The van der Waals surface area contributed by atoms with Gasteiger partial charge in [0.05, 0.1) is 6.61 Å². The number of Topliss-reactive ketones (excluding diaryl/α,β-unsaturated/α-hetero) is 1. The highest BCUT2D eigenvalue weighted by Gasteiger charge is 2.37. The van der Waals surface area contributed by atoms with Crippen molar-refractivity contribution in [1.29, 1.82) is 0 Å². The van der Waals surface area contributed by atoms with E-state index >= 15 is 0 Å². The van der Waals surface area contributed by atoms with Crippen LogP contribution in [-0.2, 0) is 9.22 Å². The zero-order valence-corrected chi connectivity index (χ0v) is 19.2. The molecule has 0 aliphatic heterocycles. The molecule has 0 saturated heterocycles. The van der Waals surface area contributed by atoms with E-state index in [2.05, 4.69) is 40.8 Å². The monoisotopic (exact) mass is 370 g/mol. The maximum Gasteiger partial charge on any atom is 0.192 e. The van der Waals surface area contributed by atoms with Crippen molar-refractivity contribution in [1.82, 2.24) is 0 Å². The van der Waals surface area contributed by atoms with E-state index in [4.69, 9.17) is 4.43 Å². The van der Waals surface area contributed by atoms with Crippen LogP contribution in [-0.4, -0.2) is 20.7 Å². The molecule has 0 aliphatic rings. The smallest absolute Gasteiger partial charge is 0.192 e. The van der Waals surface area contributed by atoms with Crippen molar-refractivity contribution in [2.24, 2.45) is 0 Å². The van der Waals surface area contributed by atoms with Crippen molar-refractivity contribution in [3.63, 3.8) is 0 Å². The van der Waals surface area contributed by atoms with Gasteiger partial charge in [0.2, 0.25) is 0 Å². The lowest BCUT2D eigenvalue weighted by Crippen LogP contribution is -2.42. The van der Waals surface area contributed by atoms with Crippen LogP contribution in [0.1, 0.15) is 111 Å². The van der Waals surface area contributed by atoms with E-state index < -0.39 is 8.32 Å². The minimum absolute atomic E-state index is 0.184. The van der Waals surface area contributed by atoms with Gasteiger partial charge in [-0.15, -0.1) is 0 Å². The molecule has 0 saturated carbocycles. The van der Waals surface area contributed by atoms with E-state index in [1.165, 1.54) is 70.6 Å². The predicted octanol–water partition coefficient (Wildman–Crippen LogP) is 7.67. The summed E-state index contributed by atoms with van der Waals surface area (Å²) >= 11 is 0. The van der Waals surface area contributed by atoms with Gasteiger partial charge >= 0.3 is 0 Å². The van der Waals surface area contributed by atoms with Gasteiger partial charge in [0.1, 0.15) is 0 Å². The minimum atomic E-state index is -1.77. The molecule has 0 bridgehead atoms. The zero-order valence-electron chi connectivity index (χ0n) is 18.2. The van der Waals surface area contributed by atoms with Crippen LogP contribution in [0, 0.1) is 0 Å². The molecule has 0 fully saturated rings. The average Bonchev–Trinajstić information content (AvgIpc) is 2.53. The Labute approximate surface area is 159 Å². The van der Waals surface area contributed by atoms with Crippen molar-refractivity contribution in [2.45, 2.75) is 129 Å². The zero-order chi connectivity index (χ0) is 19.2. The molecular weight excluding hydrogens is 324 g/mol. The molecule has 0 unspecified atom stereocenters. The average molecular weight is 371 g/mol. The van der Waals surface area contributed by atoms with Gasteiger partial charge in [-0.25, -0.2) is 0 Å². The molecule has 0 aromatic rings. The van der Waals surface area contributed by atoms with Crippen LogP contribution in [0.15, 0.2) is 0 Å². The standard InChI is InChI=1S/C22H46O2Si/c1-7-8-9-10-11-12-13-14-15-16-17-18-19-21(23)20-24-25(5,6)22(2,3)4/h7-20H2,1-6H3. The molecule has 150 valence electrons. The summed E-state index contributed by atoms with van der Waals surface area (Å²) < 4.78 is 6.00. The number of rotatable bonds is 16. The van der Waals surface area contributed by atoms with E-state index in [0.29, 0.717) is 13.0 Å². The van der Waals surface area contributed by atoms with Crippen molar-refractivity contribution in [3.8, 4) is 0 Å². The van der Waals surface area contributed by atoms with E-state index in [9.17, 15) is 4.79 Å². The third-order valence-electron chi connectivity index (χ3n) is 5.71. The predicted molar refractivity (Wildman–Crippen MR) is 114 cm³/mol. The van der Waals surface area contributed by atoms with Crippen LogP contribution in [0.3, 0.4) is 0 Å². The minimum Gasteiger partial charge on any atom is -0.410 e. The lowest BCUT2D eigenvalue weighted by Gasteiger charge is -2.35. The van der Waals surface area contributed by atoms with Crippen LogP contribution >= 0.6 is 0 Å². The van der Waals surface area contributed by atoms with Gasteiger partial charge in [0.15, 0.2) is 14.1 Å². The van der Waals surface area contributed by atoms with Crippen LogP contribution in [0.2, 0.25) is 18.1 Å². The summed E-state index contributed by atoms with van der Waals surface area (Å²) in [6, 6.07) is 0. The van der Waals surface area contributed by atoms with Gasteiger partial charge in [0, 0.05) is 6.42 Å². The molecule has 25 heavy (non-hydrogen) atoms. The number of hydrogen-bond acceptors (Lipinski definition) is 2. The summed E-state index contributed by atoms with van der Waals surface area (Å²) in [4.78, 5) is 12.0. The van der Waals surface area contributed by atoms with Gasteiger partial charge in [-0.1, -0.05) is 98.3 Å². The number of carbonyl (C=O) groups excluding carboxylic acids is 1. The third kappa shape index (κ3) is 13.7. The second-order valence-electron chi connectivity index (χ2n) is 9.23. The molecule has 0 aliphatic carbocycles. The van der Waals surface area contributed by atoms with Crippen molar-refractivity contribution in [2.75, 3.05) is 6.61 Å². The molecule has 0 N–H and O–H groups in total. The van der Waals surface area contributed by atoms with Gasteiger partial charge in [0.25, 0.3) is 0 Å². The Kier molecular flexibility index (Phi) is 13.9. The highest BCUT2D eigenvalue weighted by atomic mass is 28.4. The number of hydrogen-bond donors (Lipinski definition) is 0. The first-order valence-corrected chi connectivity index (χ1v) is 13.8. The molecular formula is C22H46O2Si. The van der Waals surface area contributed by atoms with E-state index in [0.717, 1.165) is 6.42 Å². The maximum absolute atomic E-state index is 12.0. The summed E-state index contributed by atoms with van der Waals surface area (Å²) in [5.74, 6) is 0.289. The van der Waals surface area contributed by atoms with Gasteiger partial charge in [-0.05, 0) is 24.6 Å². The second-order valence-corrected chi connectivity index (χ2v) is 14.0. The summed E-state index contributed by atoms with van der Waals surface area (Å²) in [5.41, 5.74) is 0. The Bertz CT molecular complexity index is 331. The molecule has 3 heteroatoms. The summed E-state index contributed by atoms with van der Waals surface area (Å²) in [5, 5.41) is 0.184. The van der Waals surface area contributed by atoms with E-state index in [-0.39, 0.29) is 10.8 Å². The Hall–Kier alpha value is -0.153. The van der Waals surface area contributed by atoms with Crippen LogP contribution in [0.4, 0.5) is 0 Å². The molecule has 0 rings (SSSR count). The normalized spacial score (nSPS) is 12.6. The molecule has 0 atom stereocenters. The van der Waals surface area contributed by atoms with Crippen LogP contribution in [0.5, 0.6) is 0 Å². The van der Waals surface area contributed by atoms with E-state index in [1.807, 2.05) is 0 Å². The molecule has 0 radical (unpaired) electrons. The lowest BCUT2D eigenvalue weighted by atomic mass is 10.0. The summed E-state index contributed by atoms with van der Waals surface area (Å²) in [6.07, 6.45) is 16.7. The molecule has 0 aromatic heterocycles. The molecule has 0 spiro atoms. The fourth-order valence-corrected chi connectivity index (χ4v) is 3.67. The van der Waals surface area contributed by atoms with Crippen LogP contribution in [0.25, 0.3) is 0 Å². The van der Waals surface area contributed by atoms with Gasteiger partial charge in [-0.3, -0.25) is 4.79 Å². The van der Waals surface area contributed by atoms with Gasteiger partial charge in [-0.2, -0.15) is 0 Å². The van der Waals surface area contributed by atoms with Crippen LogP contribution < -0.4 is 0 Å². The Morgan fingerprint density at radius 1 is 0.760 bits per heavy atom. The fraction of sp³-hybridized carbons (Fsp3) is 0.955. The Balaban J connectivity index is 3.44. The first-order valence-electron chi connectivity index (χ1n) is 10.9. The van der Waals surface area contributed by atoms with Gasteiger partial charge < -0.3 is 4.43 Å². The highest BCUT2D eigenvalue weighted by Crippen LogP contribution is 2.36. The summed E-state index contributed by atoms with van der Waals surface area (Å²) in [7, 11) is -1.77. The number of carbonyl (C=O) groups is 1. The van der Waals surface area contributed by atoms with Crippen molar-refractivity contribution < 1.29 is 9.22 Å². The first kappa shape index (κ1) is 24.8. The molecule has 2 nitrogen and oxygen atoms in total. The first-order chi connectivity index (χ1) is 11.7. The Morgan fingerprint density at radius 2 is 1.16 bits per heavy atom. The number of ketones is 1. The molecule has 0 aromatic carbocycles. The topological polar surface area (TPSA) is 26.3 Å². The second kappa shape index (κ2) is 14.0. The van der Waals surface area contributed by atoms with E-state index in [1.54, 1.807) is 0 Å². The third-order valence-corrected chi connectivity index (χ3v) is 10.2. The fourth-order valence-electron chi connectivity index (χ4n) is 2.71. The summed E-state index contributed by atoms with van der Waals surface area (Å²) in [6.45, 7) is 13.7.